The Morgan fingerprint density at radius 3 is 1.95 bits per heavy atom. The molecule has 0 radical (unpaired) electrons. The third-order valence-corrected chi connectivity index (χ3v) is 3.92. The van der Waals surface area contributed by atoms with Crippen LogP contribution in [0.3, 0.4) is 0 Å². The number of carboxylic acids is 1. The smallest absolute Gasteiger partial charge is 0.306 e. The number of benzene rings is 2. The van der Waals surface area contributed by atoms with Crippen molar-refractivity contribution in [3.8, 4) is 0 Å². The maximum atomic E-state index is 11.4. The standard InChI is InChI=1S/C18H19ClO2/c19-17-12-8-15(9-13-17)7-11-16(18(20)21)10-6-14-4-2-1-3-5-14/h1-5,8-9,12-13,16H,6-7,10-11H2,(H,20,21). The van der Waals surface area contributed by atoms with Gasteiger partial charge in [0, 0.05) is 5.02 Å². The van der Waals surface area contributed by atoms with Crippen LogP contribution in [0.15, 0.2) is 54.6 Å². The molecule has 0 fully saturated rings. The average Bonchev–Trinajstić information content (AvgIpc) is 2.49. The maximum Gasteiger partial charge on any atom is 0.306 e. The van der Waals surface area contributed by atoms with Crippen LogP contribution in [0.5, 0.6) is 0 Å². The predicted octanol–water partition coefficient (Wildman–Crippen LogP) is 4.61. The molecule has 0 aliphatic heterocycles. The zero-order valence-corrected chi connectivity index (χ0v) is 12.6. The average molecular weight is 303 g/mol. The number of carboxylic acid groups (broad SMARTS) is 1. The SMILES string of the molecule is O=C(O)C(CCc1ccccc1)CCc1ccc(Cl)cc1. The van der Waals surface area contributed by atoms with Gasteiger partial charge in [0.25, 0.3) is 0 Å². The Hall–Kier alpha value is -1.80. The number of hydrogen-bond acceptors (Lipinski definition) is 1. The van der Waals surface area contributed by atoms with Gasteiger partial charge in [-0.1, -0.05) is 54.1 Å². The lowest BCUT2D eigenvalue weighted by Crippen LogP contribution is -2.15. The maximum absolute atomic E-state index is 11.4. The Morgan fingerprint density at radius 2 is 1.43 bits per heavy atom. The van der Waals surface area contributed by atoms with E-state index in [1.807, 2.05) is 54.6 Å². The van der Waals surface area contributed by atoms with E-state index < -0.39 is 5.97 Å². The highest BCUT2D eigenvalue weighted by Gasteiger charge is 2.17. The van der Waals surface area contributed by atoms with Crippen LogP contribution in [0, 0.1) is 5.92 Å². The van der Waals surface area contributed by atoms with Crippen molar-refractivity contribution in [2.24, 2.45) is 5.92 Å². The van der Waals surface area contributed by atoms with Crippen molar-refractivity contribution in [2.75, 3.05) is 0 Å². The Bertz CT molecular complexity index is 564. The Morgan fingerprint density at radius 1 is 0.905 bits per heavy atom. The molecule has 2 aromatic carbocycles. The highest BCUT2D eigenvalue weighted by atomic mass is 35.5. The molecule has 0 aliphatic carbocycles. The lowest BCUT2D eigenvalue weighted by atomic mass is 9.93. The van der Waals surface area contributed by atoms with E-state index in [1.54, 1.807) is 0 Å². The lowest BCUT2D eigenvalue weighted by Gasteiger charge is -2.12. The molecule has 21 heavy (non-hydrogen) atoms. The van der Waals surface area contributed by atoms with E-state index in [0.717, 1.165) is 18.4 Å². The summed E-state index contributed by atoms with van der Waals surface area (Å²) in [7, 11) is 0. The molecular formula is C18H19ClO2. The molecular weight excluding hydrogens is 284 g/mol. The molecule has 0 spiro atoms. The molecule has 2 nitrogen and oxygen atoms in total. The minimum Gasteiger partial charge on any atom is -0.481 e. The van der Waals surface area contributed by atoms with Crippen molar-refractivity contribution in [3.63, 3.8) is 0 Å². The molecule has 1 unspecified atom stereocenters. The van der Waals surface area contributed by atoms with Gasteiger partial charge in [0.1, 0.15) is 0 Å². The van der Waals surface area contributed by atoms with Crippen LogP contribution in [0.1, 0.15) is 24.0 Å². The van der Waals surface area contributed by atoms with Crippen molar-refractivity contribution in [3.05, 3.63) is 70.7 Å². The summed E-state index contributed by atoms with van der Waals surface area (Å²) in [6.07, 6.45) is 2.90. The van der Waals surface area contributed by atoms with Gasteiger partial charge in [-0.15, -0.1) is 0 Å². The van der Waals surface area contributed by atoms with Gasteiger partial charge in [0.2, 0.25) is 0 Å². The second kappa shape index (κ2) is 7.84. The van der Waals surface area contributed by atoms with E-state index >= 15 is 0 Å². The zero-order chi connectivity index (χ0) is 15.1. The van der Waals surface area contributed by atoms with Gasteiger partial charge in [-0.05, 0) is 48.9 Å². The lowest BCUT2D eigenvalue weighted by molar-refractivity contribution is -0.142. The molecule has 3 heteroatoms. The topological polar surface area (TPSA) is 37.3 Å². The van der Waals surface area contributed by atoms with Crippen LogP contribution >= 0.6 is 11.6 Å². The monoisotopic (exact) mass is 302 g/mol. The third kappa shape index (κ3) is 5.24. The number of carbonyl (C=O) groups is 1. The fourth-order valence-electron chi connectivity index (χ4n) is 2.37. The molecule has 0 saturated carbocycles. The van der Waals surface area contributed by atoms with Crippen LogP contribution < -0.4 is 0 Å². The van der Waals surface area contributed by atoms with Crippen molar-refractivity contribution in [2.45, 2.75) is 25.7 Å². The van der Waals surface area contributed by atoms with Crippen molar-refractivity contribution in [1.29, 1.82) is 0 Å². The van der Waals surface area contributed by atoms with E-state index in [9.17, 15) is 9.90 Å². The highest BCUT2D eigenvalue weighted by Crippen LogP contribution is 2.18. The molecule has 0 aromatic heterocycles. The van der Waals surface area contributed by atoms with E-state index in [0.29, 0.717) is 17.9 Å². The number of aliphatic carboxylic acids is 1. The number of aryl methyl sites for hydroxylation is 2. The summed E-state index contributed by atoms with van der Waals surface area (Å²) in [6.45, 7) is 0. The number of halogens is 1. The summed E-state index contributed by atoms with van der Waals surface area (Å²) < 4.78 is 0. The number of rotatable bonds is 7. The zero-order valence-electron chi connectivity index (χ0n) is 11.8. The molecule has 2 rings (SSSR count). The molecule has 2 aromatic rings. The molecule has 0 heterocycles. The van der Waals surface area contributed by atoms with Crippen molar-refractivity contribution >= 4 is 17.6 Å². The summed E-state index contributed by atoms with van der Waals surface area (Å²) in [6, 6.07) is 17.6. The van der Waals surface area contributed by atoms with Gasteiger partial charge in [-0.2, -0.15) is 0 Å². The van der Waals surface area contributed by atoms with Crippen molar-refractivity contribution in [1.82, 2.24) is 0 Å². The van der Waals surface area contributed by atoms with E-state index in [2.05, 4.69) is 0 Å². The Kier molecular flexibility index (Phi) is 5.82. The van der Waals surface area contributed by atoms with Gasteiger partial charge in [-0.25, -0.2) is 0 Å². The van der Waals surface area contributed by atoms with E-state index in [1.165, 1.54) is 5.56 Å². The normalized spacial score (nSPS) is 12.0. The highest BCUT2D eigenvalue weighted by molar-refractivity contribution is 6.30. The first-order chi connectivity index (χ1) is 10.1. The molecule has 0 amide bonds. The van der Waals surface area contributed by atoms with Gasteiger partial charge in [0.15, 0.2) is 0 Å². The molecule has 0 bridgehead atoms. The third-order valence-electron chi connectivity index (χ3n) is 3.67. The largest absolute Gasteiger partial charge is 0.481 e. The van der Waals surface area contributed by atoms with Gasteiger partial charge >= 0.3 is 5.97 Å². The second-order valence-electron chi connectivity index (χ2n) is 5.22. The van der Waals surface area contributed by atoms with Crippen LogP contribution in [0.2, 0.25) is 5.02 Å². The van der Waals surface area contributed by atoms with Gasteiger partial charge in [-0.3, -0.25) is 4.79 Å². The summed E-state index contributed by atoms with van der Waals surface area (Å²) in [5, 5.41) is 10.1. The predicted molar refractivity (Wildman–Crippen MR) is 85.7 cm³/mol. The quantitative estimate of drug-likeness (QED) is 0.811. The van der Waals surface area contributed by atoms with Crippen LogP contribution in [-0.4, -0.2) is 11.1 Å². The molecule has 0 saturated heterocycles. The summed E-state index contributed by atoms with van der Waals surface area (Å²) in [5.74, 6) is -1.01. The van der Waals surface area contributed by atoms with Crippen LogP contribution in [0.25, 0.3) is 0 Å². The van der Waals surface area contributed by atoms with Crippen molar-refractivity contribution < 1.29 is 9.90 Å². The summed E-state index contributed by atoms with van der Waals surface area (Å²) in [5.41, 5.74) is 2.32. The summed E-state index contributed by atoms with van der Waals surface area (Å²) >= 11 is 5.85. The fourth-order valence-corrected chi connectivity index (χ4v) is 2.49. The number of hydrogen-bond donors (Lipinski definition) is 1. The van der Waals surface area contributed by atoms with E-state index in [-0.39, 0.29) is 5.92 Å². The van der Waals surface area contributed by atoms with Gasteiger partial charge in [0.05, 0.1) is 5.92 Å². The van der Waals surface area contributed by atoms with E-state index in [4.69, 9.17) is 11.6 Å². The Labute approximate surface area is 130 Å². The minimum absolute atomic E-state index is 0.305. The first-order valence-electron chi connectivity index (χ1n) is 7.16. The van der Waals surface area contributed by atoms with Crippen LogP contribution in [0.4, 0.5) is 0 Å². The Balaban J connectivity index is 1.87. The first-order valence-corrected chi connectivity index (χ1v) is 7.54. The first kappa shape index (κ1) is 15.6. The molecule has 0 aliphatic rings. The summed E-state index contributed by atoms with van der Waals surface area (Å²) in [4.78, 5) is 11.4. The fraction of sp³-hybridized carbons (Fsp3) is 0.278. The minimum atomic E-state index is -0.708. The van der Waals surface area contributed by atoms with Gasteiger partial charge < -0.3 is 5.11 Å². The molecule has 1 atom stereocenters. The van der Waals surface area contributed by atoms with Crippen LogP contribution in [-0.2, 0) is 17.6 Å². The molecule has 1 N–H and O–H groups in total. The molecule has 110 valence electrons. The second-order valence-corrected chi connectivity index (χ2v) is 5.66.